The fourth-order valence-electron chi connectivity index (χ4n) is 1.91. The van der Waals surface area contributed by atoms with Gasteiger partial charge in [-0.15, -0.1) is 0 Å². The number of hydrogen-bond acceptors (Lipinski definition) is 1. The van der Waals surface area contributed by atoms with E-state index in [4.69, 9.17) is 0 Å². The lowest BCUT2D eigenvalue weighted by molar-refractivity contribution is 0.228. The van der Waals surface area contributed by atoms with Crippen molar-refractivity contribution >= 4 is 0 Å². The Morgan fingerprint density at radius 3 is 2.71 bits per heavy atom. The number of piperidine rings is 1. The quantitative estimate of drug-likeness (QED) is 0.689. The summed E-state index contributed by atoms with van der Waals surface area (Å²) < 4.78 is 0. The topological polar surface area (TPSA) is 3.24 Å². The van der Waals surface area contributed by atoms with Gasteiger partial charge in [-0.25, -0.2) is 0 Å². The van der Waals surface area contributed by atoms with Gasteiger partial charge < -0.3 is 0 Å². The van der Waals surface area contributed by atoms with Crippen molar-refractivity contribution in [2.24, 2.45) is 5.92 Å². The molecule has 0 N–H and O–H groups in total. The van der Waals surface area contributed by atoms with E-state index < -0.39 is 0 Å². The molecule has 75 valence electrons. The van der Waals surface area contributed by atoms with Crippen LogP contribution in [-0.2, 0) is 6.54 Å². The highest BCUT2D eigenvalue weighted by atomic mass is 15.1. The van der Waals surface area contributed by atoms with Gasteiger partial charge in [-0.05, 0) is 30.9 Å². The smallest absolute Gasteiger partial charge is 0.0233 e. The molecule has 1 aliphatic heterocycles. The molecule has 0 bridgehead atoms. The van der Waals surface area contributed by atoms with Crippen LogP contribution in [0.15, 0.2) is 30.3 Å². The molecule has 2 rings (SSSR count). The summed E-state index contributed by atoms with van der Waals surface area (Å²) in [5.41, 5.74) is 1.43. The molecule has 1 aromatic carbocycles. The summed E-state index contributed by atoms with van der Waals surface area (Å²) in [5.74, 6) is 0.807. The lowest BCUT2D eigenvalue weighted by Crippen LogP contribution is -2.32. The molecule has 0 saturated carbocycles. The summed E-state index contributed by atoms with van der Waals surface area (Å²) in [6.45, 7) is 5.80. The zero-order valence-corrected chi connectivity index (χ0v) is 8.82. The Bertz CT molecular complexity index is 260. The Morgan fingerprint density at radius 2 is 2.07 bits per heavy atom. The van der Waals surface area contributed by atoms with Crippen LogP contribution < -0.4 is 0 Å². The van der Waals surface area contributed by atoms with Crippen LogP contribution in [0.2, 0.25) is 0 Å². The van der Waals surface area contributed by atoms with Crippen LogP contribution in [0, 0.1) is 12.3 Å². The molecule has 1 radical (unpaired) electrons. The maximum absolute atomic E-state index is 2.51. The molecule has 1 aliphatic rings. The standard InChI is InChI=1S/C13H18N/c1-12-7-9-14(10-8-12)11-13-5-3-2-4-6-13/h2-7,12H,8-11H2,1H3/t12-/m1/s1. The third kappa shape index (κ3) is 2.58. The second-order valence-corrected chi connectivity index (χ2v) is 4.22. The van der Waals surface area contributed by atoms with Gasteiger partial charge in [0, 0.05) is 13.1 Å². The van der Waals surface area contributed by atoms with Crippen LogP contribution in [0.4, 0.5) is 0 Å². The predicted molar refractivity (Wildman–Crippen MR) is 59.8 cm³/mol. The average Bonchev–Trinajstić information content (AvgIpc) is 2.23. The van der Waals surface area contributed by atoms with E-state index in [0.29, 0.717) is 0 Å². The van der Waals surface area contributed by atoms with Crippen LogP contribution in [0.25, 0.3) is 0 Å². The van der Waals surface area contributed by atoms with E-state index in [1.54, 1.807) is 0 Å². The van der Waals surface area contributed by atoms with Crippen molar-refractivity contribution in [1.82, 2.24) is 4.90 Å². The Labute approximate surface area is 86.7 Å². The van der Waals surface area contributed by atoms with Crippen LogP contribution in [0.1, 0.15) is 18.9 Å². The van der Waals surface area contributed by atoms with Gasteiger partial charge in [-0.2, -0.15) is 0 Å². The summed E-state index contributed by atoms with van der Waals surface area (Å²) in [4.78, 5) is 2.51. The molecule has 0 aromatic heterocycles. The summed E-state index contributed by atoms with van der Waals surface area (Å²) in [5, 5.41) is 0. The lowest BCUT2D eigenvalue weighted by atomic mass is 9.99. The van der Waals surface area contributed by atoms with Crippen molar-refractivity contribution in [3.05, 3.63) is 42.3 Å². The van der Waals surface area contributed by atoms with Crippen molar-refractivity contribution in [1.29, 1.82) is 0 Å². The monoisotopic (exact) mass is 188 g/mol. The molecule has 1 aromatic rings. The van der Waals surface area contributed by atoms with Crippen molar-refractivity contribution in [3.8, 4) is 0 Å². The van der Waals surface area contributed by atoms with Crippen LogP contribution >= 0.6 is 0 Å². The summed E-state index contributed by atoms with van der Waals surface area (Å²) in [7, 11) is 0. The maximum atomic E-state index is 2.51. The van der Waals surface area contributed by atoms with Gasteiger partial charge in [0.2, 0.25) is 0 Å². The second-order valence-electron chi connectivity index (χ2n) is 4.22. The van der Waals surface area contributed by atoms with E-state index in [2.05, 4.69) is 48.6 Å². The van der Waals surface area contributed by atoms with Crippen molar-refractivity contribution in [2.45, 2.75) is 19.9 Å². The number of hydrogen-bond donors (Lipinski definition) is 0. The lowest BCUT2D eigenvalue weighted by Gasteiger charge is -2.29. The SMILES string of the molecule is C[C@@H]1[CH]CN(Cc2ccccc2)CC1. The largest absolute Gasteiger partial charge is 0.299 e. The molecular formula is C13H18N. The van der Waals surface area contributed by atoms with Crippen LogP contribution in [0.5, 0.6) is 0 Å². The van der Waals surface area contributed by atoms with Gasteiger partial charge in [0.25, 0.3) is 0 Å². The summed E-state index contributed by atoms with van der Waals surface area (Å²) in [6.07, 6.45) is 3.74. The highest BCUT2D eigenvalue weighted by Gasteiger charge is 2.15. The molecule has 14 heavy (non-hydrogen) atoms. The van der Waals surface area contributed by atoms with Crippen molar-refractivity contribution < 1.29 is 0 Å². The van der Waals surface area contributed by atoms with Gasteiger partial charge in [0.15, 0.2) is 0 Å². The van der Waals surface area contributed by atoms with Crippen molar-refractivity contribution in [2.75, 3.05) is 13.1 Å². The second kappa shape index (κ2) is 4.61. The minimum atomic E-state index is 0.807. The molecule has 1 saturated heterocycles. The van der Waals surface area contributed by atoms with Gasteiger partial charge in [0.05, 0.1) is 0 Å². The first-order valence-electron chi connectivity index (χ1n) is 5.44. The molecule has 1 fully saturated rings. The zero-order chi connectivity index (χ0) is 9.80. The first kappa shape index (κ1) is 9.72. The molecule has 0 amide bonds. The number of nitrogens with zero attached hydrogens (tertiary/aromatic N) is 1. The Morgan fingerprint density at radius 1 is 1.29 bits per heavy atom. The highest BCUT2D eigenvalue weighted by Crippen LogP contribution is 2.16. The van der Waals surface area contributed by atoms with Crippen LogP contribution in [0.3, 0.4) is 0 Å². The molecule has 1 heterocycles. The first-order valence-corrected chi connectivity index (χ1v) is 5.44. The van der Waals surface area contributed by atoms with E-state index in [0.717, 1.165) is 19.0 Å². The van der Waals surface area contributed by atoms with Gasteiger partial charge in [-0.1, -0.05) is 37.3 Å². The van der Waals surface area contributed by atoms with Gasteiger partial charge in [0.1, 0.15) is 0 Å². The van der Waals surface area contributed by atoms with E-state index in [1.165, 1.54) is 18.5 Å². The normalized spacial score (nSPS) is 19.8. The number of rotatable bonds is 2. The fourth-order valence-corrected chi connectivity index (χ4v) is 1.91. The van der Waals surface area contributed by atoms with Crippen molar-refractivity contribution in [3.63, 3.8) is 0 Å². The maximum Gasteiger partial charge on any atom is 0.0233 e. The Hall–Kier alpha value is -0.820. The summed E-state index contributed by atoms with van der Waals surface area (Å²) in [6, 6.07) is 10.7. The molecule has 1 nitrogen and oxygen atoms in total. The predicted octanol–water partition coefficient (Wildman–Crippen LogP) is 2.73. The molecule has 0 aliphatic carbocycles. The van der Waals surface area contributed by atoms with Crippen LogP contribution in [-0.4, -0.2) is 18.0 Å². The van der Waals surface area contributed by atoms with E-state index >= 15 is 0 Å². The average molecular weight is 188 g/mol. The third-order valence-corrected chi connectivity index (χ3v) is 2.92. The highest BCUT2D eigenvalue weighted by molar-refractivity contribution is 5.14. The summed E-state index contributed by atoms with van der Waals surface area (Å²) >= 11 is 0. The Balaban J connectivity index is 1.87. The van der Waals surface area contributed by atoms with E-state index in [9.17, 15) is 0 Å². The number of benzene rings is 1. The van der Waals surface area contributed by atoms with Gasteiger partial charge >= 0.3 is 0 Å². The minimum Gasteiger partial charge on any atom is -0.299 e. The Kier molecular flexibility index (Phi) is 3.20. The molecule has 1 atom stereocenters. The fraction of sp³-hybridized carbons (Fsp3) is 0.462. The van der Waals surface area contributed by atoms with Gasteiger partial charge in [-0.3, -0.25) is 4.90 Å². The van der Waals surface area contributed by atoms with E-state index in [-0.39, 0.29) is 0 Å². The third-order valence-electron chi connectivity index (χ3n) is 2.92. The molecule has 1 heteroatoms. The number of likely N-dealkylation sites (tertiary alicyclic amines) is 1. The zero-order valence-electron chi connectivity index (χ0n) is 8.82. The van der Waals surface area contributed by atoms with E-state index in [1.807, 2.05) is 0 Å². The minimum absolute atomic E-state index is 0.807. The molecule has 0 unspecified atom stereocenters. The molecule has 0 spiro atoms. The first-order chi connectivity index (χ1) is 6.84. The molecular weight excluding hydrogens is 170 g/mol.